The molecule has 3 nitrogen and oxygen atoms in total. The van der Waals surface area contributed by atoms with Crippen molar-refractivity contribution >= 4 is 0 Å². The van der Waals surface area contributed by atoms with Crippen LogP contribution in [0.15, 0.2) is 97.3 Å². The predicted molar refractivity (Wildman–Crippen MR) is 95.5 cm³/mol. The van der Waals surface area contributed by atoms with Crippen molar-refractivity contribution in [3.8, 4) is 28.6 Å². The van der Waals surface area contributed by atoms with Crippen LogP contribution in [0.4, 0.5) is 0 Å². The Morgan fingerprint density at radius 3 is 2.25 bits per heavy atom. The van der Waals surface area contributed by atoms with Crippen LogP contribution in [0.5, 0.6) is 11.6 Å². The van der Waals surface area contributed by atoms with Gasteiger partial charge in [0.2, 0.25) is 5.88 Å². The van der Waals surface area contributed by atoms with Crippen LogP contribution in [-0.4, -0.2) is 9.55 Å². The fourth-order valence-corrected chi connectivity index (χ4v) is 2.56. The van der Waals surface area contributed by atoms with Gasteiger partial charge in [-0.1, -0.05) is 54.6 Å². The molecule has 0 aliphatic rings. The Balaban J connectivity index is 1.57. The first-order valence-electron chi connectivity index (χ1n) is 7.82. The van der Waals surface area contributed by atoms with Crippen molar-refractivity contribution in [3.63, 3.8) is 0 Å². The molecule has 0 atom stereocenters. The highest BCUT2D eigenvalue weighted by Gasteiger charge is 2.05. The zero-order chi connectivity index (χ0) is 16.2. The summed E-state index contributed by atoms with van der Waals surface area (Å²) in [7, 11) is 0. The number of aromatic nitrogens is 2. The van der Waals surface area contributed by atoms with E-state index in [0.717, 1.165) is 22.7 Å². The SMILES string of the molecule is c1ccc(-c2cccc(Oc3ccn(-c4ccccc4)c3)n2)cc1. The lowest BCUT2D eigenvalue weighted by molar-refractivity contribution is 0.463. The maximum absolute atomic E-state index is 5.91. The van der Waals surface area contributed by atoms with Gasteiger partial charge in [-0.3, -0.25) is 0 Å². The molecule has 0 bridgehead atoms. The summed E-state index contributed by atoms with van der Waals surface area (Å²) in [6.07, 6.45) is 3.93. The highest BCUT2D eigenvalue weighted by molar-refractivity contribution is 5.59. The second-order valence-electron chi connectivity index (χ2n) is 5.42. The molecule has 4 rings (SSSR count). The van der Waals surface area contributed by atoms with Crippen molar-refractivity contribution in [2.24, 2.45) is 0 Å². The molecule has 4 aromatic rings. The minimum absolute atomic E-state index is 0.585. The highest BCUT2D eigenvalue weighted by atomic mass is 16.5. The molecular formula is C21H16N2O. The van der Waals surface area contributed by atoms with E-state index in [1.54, 1.807) is 0 Å². The normalized spacial score (nSPS) is 10.5. The van der Waals surface area contributed by atoms with Crippen LogP contribution in [0.3, 0.4) is 0 Å². The van der Waals surface area contributed by atoms with Gasteiger partial charge in [-0.15, -0.1) is 0 Å². The number of hydrogen-bond donors (Lipinski definition) is 0. The molecule has 0 saturated carbocycles. The summed E-state index contributed by atoms with van der Waals surface area (Å²) in [5.74, 6) is 1.35. The molecule has 0 radical (unpaired) electrons. The van der Waals surface area contributed by atoms with E-state index < -0.39 is 0 Å². The molecule has 0 amide bonds. The molecule has 0 saturated heterocycles. The standard InChI is InChI=1S/C21H16N2O/c1-3-8-17(9-4-1)20-12-7-13-21(22-20)24-19-14-15-23(16-19)18-10-5-2-6-11-18/h1-16H. The predicted octanol–water partition coefficient (Wildman–Crippen LogP) is 5.33. The number of ether oxygens (including phenoxy) is 1. The monoisotopic (exact) mass is 312 g/mol. The second kappa shape index (κ2) is 6.42. The zero-order valence-corrected chi connectivity index (χ0v) is 13.0. The summed E-state index contributed by atoms with van der Waals surface area (Å²) in [6, 6.07) is 28.0. The van der Waals surface area contributed by atoms with Crippen LogP contribution in [0, 0.1) is 0 Å². The Hall–Kier alpha value is -3.33. The maximum atomic E-state index is 5.91. The van der Waals surface area contributed by atoms with Gasteiger partial charge in [0.1, 0.15) is 5.75 Å². The lowest BCUT2D eigenvalue weighted by Gasteiger charge is -2.05. The van der Waals surface area contributed by atoms with Crippen molar-refractivity contribution in [1.29, 1.82) is 0 Å². The third kappa shape index (κ3) is 3.06. The molecule has 2 aromatic heterocycles. The number of para-hydroxylation sites is 1. The molecule has 2 heterocycles. The first-order chi connectivity index (χ1) is 11.9. The van der Waals surface area contributed by atoms with Gasteiger partial charge < -0.3 is 9.30 Å². The van der Waals surface area contributed by atoms with Crippen molar-refractivity contribution < 1.29 is 4.74 Å². The molecule has 2 aromatic carbocycles. The van der Waals surface area contributed by atoms with E-state index in [9.17, 15) is 0 Å². The molecule has 0 unspecified atom stereocenters. The van der Waals surface area contributed by atoms with Gasteiger partial charge in [-0.05, 0) is 24.3 Å². The average molecular weight is 312 g/mol. The van der Waals surface area contributed by atoms with Crippen LogP contribution in [-0.2, 0) is 0 Å². The van der Waals surface area contributed by atoms with Crippen molar-refractivity contribution in [3.05, 3.63) is 97.3 Å². The molecule has 0 spiro atoms. The van der Waals surface area contributed by atoms with E-state index in [-0.39, 0.29) is 0 Å². The Morgan fingerprint density at radius 2 is 1.46 bits per heavy atom. The second-order valence-corrected chi connectivity index (χ2v) is 5.42. The van der Waals surface area contributed by atoms with Gasteiger partial charge in [-0.2, -0.15) is 0 Å². The van der Waals surface area contributed by atoms with Gasteiger partial charge >= 0.3 is 0 Å². The van der Waals surface area contributed by atoms with E-state index in [1.165, 1.54) is 0 Å². The summed E-state index contributed by atoms with van der Waals surface area (Å²) in [4.78, 5) is 4.59. The molecule has 0 N–H and O–H groups in total. The lowest BCUT2D eigenvalue weighted by atomic mass is 10.1. The number of pyridine rings is 1. The van der Waals surface area contributed by atoms with E-state index in [4.69, 9.17) is 4.74 Å². The Morgan fingerprint density at radius 1 is 0.708 bits per heavy atom. The van der Waals surface area contributed by atoms with E-state index in [2.05, 4.69) is 17.1 Å². The van der Waals surface area contributed by atoms with Crippen molar-refractivity contribution in [1.82, 2.24) is 9.55 Å². The fourth-order valence-electron chi connectivity index (χ4n) is 2.56. The third-order valence-corrected chi connectivity index (χ3v) is 3.74. The number of benzene rings is 2. The van der Waals surface area contributed by atoms with Crippen LogP contribution >= 0.6 is 0 Å². The third-order valence-electron chi connectivity index (χ3n) is 3.74. The fraction of sp³-hybridized carbons (Fsp3) is 0. The zero-order valence-electron chi connectivity index (χ0n) is 13.0. The topological polar surface area (TPSA) is 27.1 Å². The molecular weight excluding hydrogens is 296 g/mol. The van der Waals surface area contributed by atoms with Gasteiger partial charge in [-0.25, -0.2) is 4.98 Å². The Labute approximate surface area is 140 Å². The first kappa shape index (κ1) is 14.3. The summed E-state index contributed by atoms with van der Waals surface area (Å²) in [6.45, 7) is 0. The van der Waals surface area contributed by atoms with Crippen LogP contribution in [0.25, 0.3) is 16.9 Å². The van der Waals surface area contributed by atoms with Crippen LogP contribution in [0.1, 0.15) is 0 Å². The van der Waals surface area contributed by atoms with Gasteiger partial charge in [0.05, 0.1) is 11.9 Å². The van der Waals surface area contributed by atoms with Crippen molar-refractivity contribution in [2.75, 3.05) is 0 Å². The average Bonchev–Trinajstić information content (AvgIpc) is 3.12. The van der Waals surface area contributed by atoms with Crippen LogP contribution < -0.4 is 4.74 Å². The van der Waals surface area contributed by atoms with E-state index >= 15 is 0 Å². The van der Waals surface area contributed by atoms with E-state index in [1.807, 2.05) is 89.8 Å². The summed E-state index contributed by atoms with van der Waals surface area (Å²) >= 11 is 0. The molecule has 24 heavy (non-hydrogen) atoms. The number of nitrogens with zero attached hydrogens (tertiary/aromatic N) is 2. The minimum atomic E-state index is 0.585. The van der Waals surface area contributed by atoms with Gasteiger partial charge in [0.25, 0.3) is 0 Å². The smallest absolute Gasteiger partial charge is 0.219 e. The quantitative estimate of drug-likeness (QED) is 0.509. The highest BCUT2D eigenvalue weighted by Crippen LogP contribution is 2.24. The van der Waals surface area contributed by atoms with Crippen LogP contribution in [0.2, 0.25) is 0 Å². The summed E-state index contributed by atoms with van der Waals surface area (Å²) in [5.41, 5.74) is 3.07. The van der Waals surface area contributed by atoms with Gasteiger partial charge in [0.15, 0.2) is 0 Å². The molecule has 0 aliphatic carbocycles. The number of rotatable bonds is 4. The summed E-state index contributed by atoms with van der Waals surface area (Å²) in [5, 5.41) is 0. The molecule has 0 aliphatic heterocycles. The van der Waals surface area contributed by atoms with Gasteiger partial charge in [0, 0.05) is 23.5 Å². The van der Waals surface area contributed by atoms with Crippen molar-refractivity contribution in [2.45, 2.75) is 0 Å². The molecule has 116 valence electrons. The number of hydrogen-bond acceptors (Lipinski definition) is 2. The van der Waals surface area contributed by atoms with E-state index in [0.29, 0.717) is 5.88 Å². The lowest BCUT2D eigenvalue weighted by Crippen LogP contribution is -1.90. The Kier molecular flexibility index (Phi) is 3.82. The Bertz CT molecular complexity index is 930. The first-order valence-corrected chi connectivity index (χ1v) is 7.82. The molecule has 3 heteroatoms. The largest absolute Gasteiger partial charge is 0.437 e. The molecule has 0 fully saturated rings. The summed E-state index contributed by atoms with van der Waals surface area (Å²) < 4.78 is 7.93. The maximum Gasteiger partial charge on any atom is 0.219 e. The minimum Gasteiger partial charge on any atom is -0.437 e.